The molecule has 0 atom stereocenters. The lowest BCUT2D eigenvalue weighted by Gasteiger charge is -1.98. The Morgan fingerprint density at radius 1 is 1.50 bits per heavy atom. The molecule has 0 heterocycles. The van der Waals surface area contributed by atoms with Gasteiger partial charge in [0.2, 0.25) is 0 Å². The molecule has 1 aromatic carbocycles. The normalized spacial score (nSPS) is 10.2. The second-order valence-corrected chi connectivity index (χ2v) is 4.83. The van der Waals surface area contributed by atoms with Crippen LogP contribution in [0.15, 0.2) is 22.7 Å². The summed E-state index contributed by atoms with van der Waals surface area (Å²) >= 11 is 5.80. The fourth-order valence-electron chi connectivity index (χ4n) is 0.760. The van der Waals surface area contributed by atoms with Crippen molar-refractivity contribution in [2.24, 2.45) is 0 Å². The number of rotatable bonds is 1. The van der Waals surface area contributed by atoms with E-state index in [4.69, 9.17) is 0 Å². The third-order valence-corrected chi connectivity index (χ3v) is 4.53. The quantitative estimate of drug-likeness (QED) is 0.546. The molecule has 3 heteroatoms. The Bertz CT molecular complexity index is 237. The van der Waals surface area contributed by atoms with Gasteiger partial charge in [-0.3, -0.25) is 0 Å². The Morgan fingerprint density at radius 3 is 2.70 bits per heavy atom. The summed E-state index contributed by atoms with van der Waals surface area (Å²) in [4.78, 5) is 0. The van der Waals surface area contributed by atoms with Crippen LogP contribution in [0.3, 0.4) is 0 Å². The zero-order valence-electron chi connectivity index (χ0n) is 5.70. The third-order valence-electron chi connectivity index (χ3n) is 1.39. The number of hydrogen-bond acceptors (Lipinski definition) is 0. The number of halogens is 2. The second kappa shape index (κ2) is 3.87. The molecule has 0 fully saturated rings. The smallest absolute Gasteiger partial charge is 0.0309 e. The van der Waals surface area contributed by atoms with Crippen molar-refractivity contribution in [2.75, 3.05) is 0 Å². The SMILES string of the molecule is [SiH3]Cc1ccc(Br)c(I)c1. The third kappa shape index (κ3) is 2.07. The molecule has 0 saturated carbocycles. The van der Waals surface area contributed by atoms with Gasteiger partial charge in [0.15, 0.2) is 0 Å². The van der Waals surface area contributed by atoms with Gasteiger partial charge in [-0.1, -0.05) is 11.6 Å². The summed E-state index contributed by atoms with van der Waals surface area (Å²) in [5, 5.41) is 0. The van der Waals surface area contributed by atoms with Gasteiger partial charge in [-0.2, -0.15) is 0 Å². The standard InChI is InChI=1S/C7H8BrISi/c8-6-2-1-5(4-10)3-7(6)9/h1-3H,4H2,10H3. The van der Waals surface area contributed by atoms with Gasteiger partial charge in [-0.25, -0.2) is 0 Å². The van der Waals surface area contributed by atoms with Crippen LogP contribution in [0.5, 0.6) is 0 Å². The van der Waals surface area contributed by atoms with Crippen LogP contribution in [-0.2, 0) is 6.04 Å². The Hall–Kier alpha value is 0.647. The molecule has 0 N–H and O–H groups in total. The molecule has 54 valence electrons. The van der Waals surface area contributed by atoms with E-state index in [1.165, 1.54) is 29.9 Å². The summed E-state index contributed by atoms with van der Waals surface area (Å²) in [5.41, 5.74) is 1.46. The largest absolute Gasteiger partial charge is 0.0582 e. The summed E-state index contributed by atoms with van der Waals surface area (Å²) in [6.45, 7) is 0. The van der Waals surface area contributed by atoms with E-state index in [9.17, 15) is 0 Å². The molecule has 0 aliphatic rings. The lowest BCUT2D eigenvalue weighted by molar-refractivity contribution is 1.37. The number of hydrogen-bond donors (Lipinski definition) is 0. The average molecular weight is 327 g/mol. The van der Waals surface area contributed by atoms with Crippen molar-refractivity contribution in [3.05, 3.63) is 31.8 Å². The zero-order valence-corrected chi connectivity index (χ0v) is 11.4. The first kappa shape index (κ1) is 8.74. The molecule has 0 nitrogen and oxygen atoms in total. The molecule has 0 spiro atoms. The van der Waals surface area contributed by atoms with E-state index < -0.39 is 0 Å². The highest BCUT2D eigenvalue weighted by molar-refractivity contribution is 14.1. The van der Waals surface area contributed by atoms with Crippen LogP contribution in [0.2, 0.25) is 0 Å². The highest BCUT2D eigenvalue weighted by Gasteiger charge is 1.95. The van der Waals surface area contributed by atoms with Gasteiger partial charge in [0.25, 0.3) is 0 Å². The fraction of sp³-hybridized carbons (Fsp3) is 0.143. The molecule has 0 radical (unpaired) electrons. The molecular weight excluding hydrogens is 319 g/mol. The van der Waals surface area contributed by atoms with Crippen LogP contribution >= 0.6 is 38.5 Å². The van der Waals surface area contributed by atoms with Gasteiger partial charge in [0, 0.05) is 18.3 Å². The highest BCUT2D eigenvalue weighted by atomic mass is 127. The predicted octanol–water partition coefficient (Wildman–Crippen LogP) is 1.92. The summed E-state index contributed by atoms with van der Waals surface area (Å²) in [5.74, 6) is 0. The topological polar surface area (TPSA) is 0 Å². The zero-order chi connectivity index (χ0) is 7.56. The van der Waals surface area contributed by atoms with E-state index in [0.29, 0.717) is 0 Å². The summed E-state index contributed by atoms with van der Waals surface area (Å²) in [7, 11) is 1.25. The minimum Gasteiger partial charge on any atom is -0.0582 e. The van der Waals surface area contributed by atoms with Crippen molar-refractivity contribution in [1.29, 1.82) is 0 Å². The van der Waals surface area contributed by atoms with Gasteiger partial charge in [-0.15, -0.1) is 0 Å². The van der Waals surface area contributed by atoms with Crippen LogP contribution in [0.1, 0.15) is 5.56 Å². The van der Waals surface area contributed by atoms with Gasteiger partial charge in [0.05, 0.1) is 0 Å². The van der Waals surface area contributed by atoms with Crippen molar-refractivity contribution in [2.45, 2.75) is 6.04 Å². The molecule has 0 amide bonds. The van der Waals surface area contributed by atoms with E-state index in [-0.39, 0.29) is 0 Å². The van der Waals surface area contributed by atoms with Crippen molar-refractivity contribution < 1.29 is 0 Å². The van der Waals surface area contributed by atoms with Crippen molar-refractivity contribution >= 4 is 48.8 Å². The molecule has 0 unspecified atom stereocenters. The Kier molecular flexibility index (Phi) is 3.39. The van der Waals surface area contributed by atoms with Crippen molar-refractivity contribution in [3.63, 3.8) is 0 Å². The Labute approximate surface area is 86.1 Å². The molecule has 0 aliphatic carbocycles. The Balaban J connectivity index is 3.04. The van der Waals surface area contributed by atoms with E-state index >= 15 is 0 Å². The van der Waals surface area contributed by atoms with Crippen LogP contribution in [0.25, 0.3) is 0 Å². The summed E-state index contributed by atoms with van der Waals surface area (Å²) in [6.07, 6.45) is 0. The first-order valence-electron chi connectivity index (χ1n) is 3.18. The molecular formula is C7H8BrISi. The minimum absolute atomic E-state index is 1.20. The molecule has 0 bridgehead atoms. The van der Waals surface area contributed by atoms with Gasteiger partial charge in [-0.05, 0) is 56.7 Å². The minimum atomic E-state index is 1.20. The molecule has 10 heavy (non-hydrogen) atoms. The predicted molar refractivity (Wildman–Crippen MR) is 60.5 cm³/mol. The van der Waals surface area contributed by atoms with Crippen LogP contribution in [0, 0.1) is 3.57 Å². The summed E-state index contributed by atoms with van der Waals surface area (Å²) in [6, 6.07) is 7.79. The molecule has 0 aliphatic heterocycles. The summed E-state index contributed by atoms with van der Waals surface area (Å²) < 4.78 is 2.51. The lowest BCUT2D eigenvalue weighted by atomic mass is 10.2. The first-order valence-corrected chi connectivity index (χ1v) is 6.46. The van der Waals surface area contributed by atoms with Crippen molar-refractivity contribution in [3.8, 4) is 0 Å². The lowest BCUT2D eigenvalue weighted by Crippen LogP contribution is -1.84. The van der Waals surface area contributed by atoms with Crippen LogP contribution < -0.4 is 0 Å². The van der Waals surface area contributed by atoms with Gasteiger partial charge in [0.1, 0.15) is 0 Å². The van der Waals surface area contributed by atoms with E-state index in [1.807, 2.05) is 0 Å². The van der Waals surface area contributed by atoms with Crippen molar-refractivity contribution in [1.82, 2.24) is 0 Å². The molecule has 0 aromatic heterocycles. The molecule has 0 saturated heterocycles. The highest BCUT2D eigenvalue weighted by Crippen LogP contribution is 2.19. The molecule has 1 aromatic rings. The van der Waals surface area contributed by atoms with E-state index in [0.717, 1.165) is 0 Å². The number of benzene rings is 1. The van der Waals surface area contributed by atoms with E-state index in [1.54, 1.807) is 0 Å². The maximum Gasteiger partial charge on any atom is 0.0309 e. The molecule has 1 rings (SSSR count). The second-order valence-electron chi connectivity index (χ2n) is 2.10. The maximum atomic E-state index is 3.46. The monoisotopic (exact) mass is 326 g/mol. The first-order chi connectivity index (χ1) is 4.74. The van der Waals surface area contributed by atoms with E-state index in [2.05, 4.69) is 56.7 Å². The fourth-order valence-corrected chi connectivity index (χ4v) is 2.03. The van der Waals surface area contributed by atoms with Gasteiger partial charge >= 0.3 is 0 Å². The van der Waals surface area contributed by atoms with Crippen LogP contribution in [-0.4, -0.2) is 10.2 Å². The Morgan fingerprint density at radius 2 is 2.20 bits per heavy atom. The maximum absolute atomic E-state index is 3.46. The van der Waals surface area contributed by atoms with Gasteiger partial charge < -0.3 is 0 Å². The average Bonchev–Trinajstić information content (AvgIpc) is 1.95. The van der Waals surface area contributed by atoms with Crippen LogP contribution in [0.4, 0.5) is 0 Å².